The average Bonchev–Trinajstić information content (AvgIpc) is 2.12. The van der Waals surface area contributed by atoms with E-state index in [-0.39, 0.29) is 6.10 Å². The molecule has 1 aromatic rings. The van der Waals surface area contributed by atoms with Crippen molar-refractivity contribution in [2.24, 2.45) is 0 Å². The van der Waals surface area contributed by atoms with Crippen molar-refractivity contribution < 1.29 is 5.11 Å². The summed E-state index contributed by atoms with van der Waals surface area (Å²) in [4.78, 5) is 1.33. The Bertz CT molecular complexity index is 285. The Kier molecular flexibility index (Phi) is 2.11. The third-order valence-electron chi connectivity index (χ3n) is 2.40. The van der Waals surface area contributed by atoms with E-state index in [1.165, 1.54) is 10.5 Å². The van der Waals surface area contributed by atoms with E-state index in [4.69, 9.17) is 0 Å². The van der Waals surface area contributed by atoms with Crippen molar-refractivity contribution in [1.29, 1.82) is 0 Å². The van der Waals surface area contributed by atoms with Crippen LogP contribution in [-0.4, -0.2) is 17.0 Å². The molecule has 2 atom stereocenters. The van der Waals surface area contributed by atoms with Crippen LogP contribution < -0.4 is 0 Å². The van der Waals surface area contributed by atoms with E-state index < -0.39 is 0 Å². The molecule has 1 unspecified atom stereocenters. The molecule has 1 aliphatic rings. The quantitative estimate of drug-likeness (QED) is 0.661. The second-order valence-corrected chi connectivity index (χ2v) is 4.27. The summed E-state index contributed by atoms with van der Waals surface area (Å²) in [6.07, 6.45) is -0.176. The smallest absolute Gasteiger partial charge is 0.0700 e. The van der Waals surface area contributed by atoms with Gasteiger partial charge in [-0.25, -0.2) is 0 Å². The molecule has 2 rings (SSSR count). The molecule has 12 heavy (non-hydrogen) atoms. The molecular weight excluding hydrogens is 168 g/mol. The molecule has 0 radical (unpaired) electrons. The van der Waals surface area contributed by atoms with Crippen LogP contribution in [0.3, 0.4) is 0 Å². The van der Waals surface area contributed by atoms with E-state index >= 15 is 0 Å². The van der Waals surface area contributed by atoms with E-state index in [0.717, 1.165) is 5.75 Å². The van der Waals surface area contributed by atoms with Gasteiger partial charge in [0.25, 0.3) is 0 Å². The van der Waals surface area contributed by atoms with E-state index in [1.54, 1.807) is 11.8 Å². The molecule has 0 amide bonds. The van der Waals surface area contributed by atoms with E-state index in [0.29, 0.717) is 5.92 Å². The Hall–Kier alpha value is -0.470. The van der Waals surface area contributed by atoms with Crippen molar-refractivity contribution in [2.45, 2.75) is 23.8 Å². The highest BCUT2D eigenvalue weighted by Gasteiger charge is 2.23. The first-order valence-electron chi connectivity index (χ1n) is 4.19. The minimum Gasteiger partial charge on any atom is -0.392 e. The lowest BCUT2D eigenvalue weighted by Crippen LogP contribution is -2.22. The molecule has 0 spiro atoms. The number of fused-ring (bicyclic) bond motifs is 1. The fraction of sp³-hybridized carbons (Fsp3) is 0.400. The number of thioether (sulfide) groups is 1. The summed E-state index contributed by atoms with van der Waals surface area (Å²) in [5, 5.41) is 9.60. The maximum atomic E-state index is 9.60. The van der Waals surface area contributed by atoms with Crippen LogP contribution in [0.4, 0.5) is 0 Å². The van der Waals surface area contributed by atoms with Gasteiger partial charge < -0.3 is 5.11 Å². The molecule has 0 saturated heterocycles. The zero-order valence-electron chi connectivity index (χ0n) is 7.03. The molecule has 2 heteroatoms. The van der Waals surface area contributed by atoms with E-state index in [1.807, 2.05) is 6.07 Å². The highest BCUT2D eigenvalue weighted by Crippen LogP contribution is 2.36. The number of hydrogen-bond acceptors (Lipinski definition) is 2. The summed E-state index contributed by atoms with van der Waals surface area (Å²) in [6, 6.07) is 8.32. The van der Waals surface area contributed by atoms with Crippen LogP contribution in [0.2, 0.25) is 0 Å². The maximum Gasteiger partial charge on any atom is 0.0700 e. The lowest BCUT2D eigenvalue weighted by Gasteiger charge is -2.26. The predicted octanol–water partition coefficient (Wildman–Crippen LogP) is 2.26. The molecule has 0 bridgehead atoms. The molecular formula is C10H12OS. The monoisotopic (exact) mass is 180 g/mol. The molecule has 1 N–H and O–H groups in total. The van der Waals surface area contributed by atoms with Gasteiger partial charge in [-0.2, -0.15) is 0 Å². The predicted molar refractivity (Wildman–Crippen MR) is 51.6 cm³/mol. The first-order valence-corrected chi connectivity index (χ1v) is 5.17. The fourth-order valence-corrected chi connectivity index (χ4v) is 2.75. The normalized spacial score (nSPS) is 28.2. The molecule has 64 valence electrons. The van der Waals surface area contributed by atoms with Gasteiger partial charge in [0.15, 0.2) is 0 Å². The standard InChI is InChI=1S/C10H12OS/c1-7-8-4-2-3-5-10(8)12-6-9(7)11/h2-5,7,9,11H,6H2,1H3/t7?,9-/m0/s1. The average molecular weight is 180 g/mol. The summed E-state index contributed by atoms with van der Waals surface area (Å²) < 4.78 is 0. The second-order valence-electron chi connectivity index (χ2n) is 3.20. The van der Waals surface area contributed by atoms with Gasteiger partial charge in [0.2, 0.25) is 0 Å². The molecule has 0 aromatic heterocycles. The molecule has 1 nitrogen and oxygen atoms in total. The Morgan fingerprint density at radius 1 is 1.42 bits per heavy atom. The van der Waals surface area contributed by atoms with Crippen molar-refractivity contribution in [1.82, 2.24) is 0 Å². The summed E-state index contributed by atoms with van der Waals surface area (Å²) in [5.41, 5.74) is 1.29. The first kappa shape index (κ1) is 8.14. The lowest BCUT2D eigenvalue weighted by atomic mass is 9.96. The number of rotatable bonds is 0. The topological polar surface area (TPSA) is 20.2 Å². The van der Waals surface area contributed by atoms with Crippen molar-refractivity contribution in [3.05, 3.63) is 29.8 Å². The highest BCUT2D eigenvalue weighted by atomic mass is 32.2. The van der Waals surface area contributed by atoms with Gasteiger partial charge in [0.05, 0.1) is 6.10 Å². The van der Waals surface area contributed by atoms with Crippen LogP contribution in [0.1, 0.15) is 18.4 Å². The number of aliphatic hydroxyl groups is 1. The Morgan fingerprint density at radius 3 is 3.00 bits per heavy atom. The Labute approximate surface area is 76.8 Å². The van der Waals surface area contributed by atoms with Gasteiger partial charge in [0.1, 0.15) is 0 Å². The van der Waals surface area contributed by atoms with Gasteiger partial charge in [-0.15, -0.1) is 11.8 Å². The van der Waals surface area contributed by atoms with Crippen LogP contribution in [0, 0.1) is 0 Å². The zero-order chi connectivity index (χ0) is 8.55. The van der Waals surface area contributed by atoms with Crippen LogP contribution in [0.15, 0.2) is 29.2 Å². The van der Waals surface area contributed by atoms with Crippen molar-refractivity contribution in [3.8, 4) is 0 Å². The number of benzene rings is 1. The fourth-order valence-electron chi connectivity index (χ4n) is 1.51. The van der Waals surface area contributed by atoms with Gasteiger partial charge in [-0.1, -0.05) is 25.1 Å². The third-order valence-corrected chi connectivity index (χ3v) is 3.59. The van der Waals surface area contributed by atoms with Crippen molar-refractivity contribution >= 4 is 11.8 Å². The number of hydrogen-bond donors (Lipinski definition) is 1. The van der Waals surface area contributed by atoms with Crippen LogP contribution in [0.5, 0.6) is 0 Å². The SMILES string of the molecule is CC1c2ccccc2SC[C@@H]1O. The van der Waals surface area contributed by atoms with Crippen molar-refractivity contribution in [2.75, 3.05) is 5.75 Å². The van der Waals surface area contributed by atoms with Gasteiger partial charge in [-0.05, 0) is 11.6 Å². The maximum absolute atomic E-state index is 9.60. The summed E-state index contributed by atoms with van der Waals surface area (Å²) in [5.74, 6) is 1.13. The minimum absolute atomic E-state index is 0.176. The largest absolute Gasteiger partial charge is 0.392 e. The summed E-state index contributed by atoms with van der Waals surface area (Å²) in [6.45, 7) is 2.09. The molecule has 0 aliphatic carbocycles. The van der Waals surface area contributed by atoms with E-state index in [2.05, 4.69) is 25.1 Å². The molecule has 1 aromatic carbocycles. The lowest BCUT2D eigenvalue weighted by molar-refractivity contribution is 0.170. The van der Waals surface area contributed by atoms with Crippen LogP contribution >= 0.6 is 11.8 Å². The first-order chi connectivity index (χ1) is 5.79. The van der Waals surface area contributed by atoms with Gasteiger partial charge >= 0.3 is 0 Å². The molecule has 0 fully saturated rings. The van der Waals surface area contributed by atoms with Crippen LogP contribution in [-0.2, 0) is 0 Å². The van der Waals surface area contributed by atoms with Gasteiger partial charge in [-0.3, -0.25) is 0 Å². The second kappa shape index (κ2) is 3.11. The zero-order valence-corrected chi connectivity index (χ0v) is 7.84. The molecule has 1 aliphatic heterocycles. The van der Waals surface area contributed by atoms with Crippen LogP contribution in [0.25, 0.3) is 0 Å². The minimum atomic E-state index is -0.176. The third kappa shape index (κ3) is 1.25. The Morgan fingerprint density at radius 2 is 2.17 bits per heavy atom. The molecule has 1 heterocycles. The van der Waals surface area contributed by atoms with Crippen molar-refractivity contribution in [3.63, 3.8) is 0 Å². The Balaban J connectivity index is 2.42. The summed E-state index contributed by atoms with van der Waals surface area (Å²) >= 11 is 1.75. The van der Waals surface area contributed by atoms with Gasteiger partial charge in [0, 0.05) is 16.6 Å². The number of aliphatic hydroxyl groups excluding tert-OH is 1. The molecule has 0 saturated carbocycles. The van der Waals surface area contributed by atoms with E-state index in [9.17, 15) is 5.11 Å². The summed E-state index contributed by atoms with van der Waals surface area (Å²) in [7, 11) is 0. The highest BCUT2D eigenvalue weighted by molar-refractivity contribution is 7.99.